The molecule has 7 heteroatoms. The molecule has 0 radical (unpaired) electrons. The zero-order valence-electron chi connectivity index (χ0n) is 18.0. The number of ether oxygens (including phenoxy) is 2. The lowest BCUT2D eigenvalue weighted by molar-refractivity contribution is -0.149. The Morgan fingerprint density at radius 2 is 1.84 bits per heavy atom. The molecule has 1 amide bonds. The van der Waals surface area contributed by atoms with Gasteiger partial charge < -0.3 is 14.4 Å². The maximum atomic E-state index is 12.4. The van der Waals surface area contributed by atoms with Gasteiger partial charge in [0, 0.05) is 13.1 Å². The van der Waals surface area contributed by atoms with Gasteiger partial charge in [-0.1, -0.05) is 42.5 Å². The fraction of sp³-hybridized carbons (Fsp3) is 0.320. The summed E-state index contributed by atoms with van der Waals surface area (Å²) in [6.07, 6.45) is 3.29. The Kier molecular flexibility index (Phi) is 7.27. The minimum Gasteiger partial charge on any atom is -0.489 e. The first-order valence-corrected chi connectivity index (χ1v) is 11.6. The standard InChI is InChI=1S/C25H26N2O4S/c1-2-30-24(29)20-12-14-27(15-13-20)25-26-23(28)22(32-25)16-18-8-10-21(11-9-18)31-17-19-6-4-3-5-7-19/h3-11,16,20H,2,12-15,17H2,1H3. The lowest BCUT2D eigenvalue weighted by Gasteiger charge is -2.31. The number of carbonyl (C=O) groups excluding carboxylic acids is 2. The minimum absolute atomic E-state index is 0.0634. The quantitative estimate of drug-likeness (QED) is 0.476. The highest BCUT2D eigenvalue weighted by molar-refractivity contribution is 8.18. The van der Waals surface area contributed by atoms with Crippen LogP contribution in [0.1, 0.15) is 30.9 Å². The minimum atomic E-state index is -0.220. The van der Waals surface area contributed by atoms with E-state index in [1.165, 1.54) is 11.8 Å². The van der Waals surface area contributed by atoms with Crippen LogP contribution in [0.3, 0.4) is 0 Å². The van der Waals surface area contributed by atoms with Crippen LogP contribution >= 0.6 is 11.8 Å². The molecule has 0 aliphatic carbocycles. The number of hydrogen-bond donors (Lipinski definition) is 0. The van der Waals surface area contributed by atoms with E-state index in [2.05, 4.69) is 9.89 Å². The van der Waals surface area contributed by atoms with Crippen molar-refractivity contribution in [2.24, 2.45) is 10.9 Å². The van der Waals surface area contributed by atoms with Gasteiger partial charge in [0.15, 0.2) is 5.17 Å². The predicted octanol–water partition coefficient (Wildman–Crippen LogP) is 4.51. The van der Waals surface area contributed by atoms with E-state index < -0.39 is 0 Å². The molecule has 166 valence electrons. The van der Waals surface area contributed by atoms with E-state index in [4.69, 9.17) is 9.47 Å². The fourth-order valence-corrected chi connectivity index (χ4v) is 4.62. The van der Waals surface area contributed by atoms with Crippen molar-refractivity contribution in [3.63, 3.8) is 0 Å². The van der Waals surface area contributed by atoms with Crippen LogP contribution in [0.2, 0.25) is 0 Å². The van der Waals surface area contributed by atoms with Crippen LogP contribution in [0.15, 0.2) is 64.5 Å². The van der Waals surface area contributed by atoms with E-state index >= 15 is 0 Å². The molecule has 2 aliphatic heterocycles. The zero-order valence-corrected chi connectivity index (χ0v) is 18.8. The van der Waals surface area contributed by atoms with Crippen molar-refractivity contribution in [2.45, 2.75) is 26.4 Å². The van der Waals surface area contributed by atoms with Gasteiger partial charge in [0.1, 0.15) is 12.4 Å². The zero-order chi connectivity index (χ0) is 22.3. The Morgan fingerprint density at radius 3 is 2.53 bits per heavy atom. The monoisotopic (exact) mass is 450 g/mol. The molecular weight excluding hydrogens is 424 g/mol. The number of thioether (sulfide) groups is 1. The maximum Gasteiger partial charge on any atom is 0.309 e. The first-order chi connectivity index (χ1) is 15.6. The van der Waals surface area contributed by atoms with Crippen molar-refractivity contribution >= 4 is 34.9 Å². The summed E-state index contributed by atoms with van der Waals surface area (Å²) in [4.78, 5) is 31.3. The van der Waals surface area contributed by atoms with Gasteiger partial charge in [-0.2, -0.15) is 4.99 Å². The Hall–Kier alpha value is -3.06. The van der Waals surface area contributed by atoms with E-state index in [-0.39, 0.29) is 17.8 Å². The molecule has 0 saturated carbocycles. The molecule has 6 nitrogen and oxygen atoms in total. The molecule has 0 unspecified atom stereocenters. The summed E-state index contributed by atoms with van der Waals surface area (Å²) >= 11 is 1.39. The van der Waals surface area contributed by atoms with E-state index in [1.54, 1.807) is 0 Å². The van der Waals surface area contributed by atoms with Crippen molar-refractivity contribution in [1.29, 1.82) is 0 Å². The van der Waals surface area contributed by atoms with Gasteiger partial charge in [-0.25, -0.2) is 0 Å². The molecule has 0 atom stereocenters. The number of benzene rings is 2. The molecule has 0 spiro atoms. The molecule has 4 rings (SSSR count). The van der Waals surface area contributed by atoms with Gasteiger partial charge in [0.2, 0.25) is 0 Å². The Bertz CT molecular complexity index is 1010. The number of rotatable bonds is 6. The number of likely N-dealkylation sites (tertiary alicyclic amines) is 1. The smallest absolute Gasteiger partial charge is 0.309 e. The second-order valence-electron chi connectivity index (χ2n) is 7.67. The molecule has 2 aromatic carbocycles. The summed E-state index contributed by atoms with van der Waals surface area (Å²) in [6, 6.07) is 17.7. The SMILES string of the molecule is CCOC(=O)C1CCN(C2=NC(=O)C(=Cc3ccc(OCc4ccccc4)cc3)S2)CC1. The second kappa shape index (κ2) is 10.5. The van der Waals surface area contributed by atoms with E-state index in [9.17, 15) is 9.59 Å². The molecule has 0 bridgehead atoms. The van der Waals surface area contributed by atoms with Crippen molar-refractivity contribution in [2.75, 3.05) is 19.7 Å². The molecule has 1 saturated heterocycles. The molecular formula is C25H26N2O4S. The third-order valence-corrected chi connectivity index (χ3v) is 6.47. The first kappa shape index (κ1) is 22.1. The van der Waals surface area contributed by atoms with Crippen LogP contribution in [-0.2, 0) is 20.9 Å². The third-order valence-electron chi connectivity index (χ3n) is 5.42. The fourth-order valence-electron chi connectivity index (χ4n) is 3.65. The topological polar surface area (TPSA) is 68.2 Å². The lowest BCUT2D eigenvalue weighted by atomic mass is 9.97. The highest BCUT2D eigenvalue weighted by atomic mass is 32.2. The molecule has 32 heavy (non-hydrogen) atoms. The number of nitrogens with zero attached hydrogens (tertiary/aromatic N) is 2. The van der Waals surface area contributed by atoms with Crippen LogP contribution in [0.25, 0.3) is 6.08 Å². The number of aliphatic imine (C=N–C) groups is 1. The normalized spacial score (nSPS) is 18.0. The van der Waals surface area contributed by atoms with Crippen LogP contribution in [0, 0.1) is 5.92 Å². The van der Waals surface area contributed by atoms with E-state index in [1.807, 2.05) is 67.6 Å². The molecule has 2 aliphatic rings. The summed E-state index contributed by atoms with van der Waals surface area (Å²) in [5.41, 5.74) is 2.04. The van der Waals surface area contributed by atoms with Gasteiger partial charge in [-0.15, -0.1) is 0 Å². The lowest BCUT2D eigenvalue weighted by Crippen LogP contribution is -2.39. The van der Waals surface area contributed by atoms with Crippen molar-refractivity contribution < 1.29 is 19.1 Å². The Balaban J connectivity index is 1.31. The van der Waals surface area contributed by atoms with Crippen molar-refractivity contribution in [3.8, 4) is 5.75 Å². The third kappa shape index (κ3) is 5.59. The summed E-state index contributed by atoms with van der Waals surface area (Å²) in [6.45, 7) is 4.14. The average Bonchev–Trinajstić information content (AvgIpc) is 3.19. The number of amidine groups is 1. The van der Waals surface area contributed by atoms with Gasteiger partial charge in [0.25, 0.3) is 5.91 Å². The van der Waals surface area contributed by atoms with Crippen LogP contribution in [0.4, 0.5) is 0 Å². The predicted molar refractivity (Wildman–Crippen MR) is 126 cm³/mol. The average molecular weight is 451 g/mol. The van der Waals surface area contributed by atoms with Crippen LogP contribution < -0.4 is 4.74 Å². The van der Waals surface area contributed by atoms with Gasteiger partial charge >= 0.3 is 5.97 Å². The summed E-state index contributed by atoms with van der Waals surface area (Å²) in [7, 11) is 0. The maximum absolute atomic E-state index is 12.4. The Labute approximate surface area is 192 Å². The summed E-state index contributed by atoms with van der Waals surface area (Å²) < 4.78 is 10.9. The number of esters is 1. The van der Waals surface area contributed by atoms with Crippen molar-refractivity contribution in [1.82, 2.24) is 4.90 Å². The number of amides is 1. The number of piperidine rings is 1. The number of hydrogen-bond acceptors (Lipinski definition) is 6. The summed E-state index contributed by atoms with van der Waals surface area (Å²) in [5.74, 6) is 0.372. The van der Waals surface area contributed by atoms with Crippen LogP contribution in [-0.4, -0.2) is 41.6 Å². The molecule has 0 N–H and O–H groups in total. The molecule has 2 heterocycles. The number of carbonyl (C=O) groups is 2. The molecule has 0 aromatic heterocycles. The summed E-state index contributed by atoms with van der Waals surface area (Å²) in [5, 5.41) is 0.714. The van der Waals surface area contributed by atoms with Gasteiger partial charge in [-0.05, 0) is 60.9 Å². The van der Waals surface area contributed by atoms with Crippen LogP contribution in [0.5, 0.6) is 5.75 Å². The highest BCUT2D eigenvalue weighted by Gasteiger charge is 2.31. The Morgan fingerprint density at radius 1 is 1.12 bits per heavy atom. The highest BCUT2D eigenvalue weighted by Crippen LogP contribution is 2.32. The van der Waals surface area contributed by atoms with Gasteiger partial charge in [0.05, 0.1) is 17.4 Å². The first-order valence-electron chi connectivity index (χ1n) is 10.8. The molecule has 2 aromatic rings. The van der Waals surface area contributed by atoms with Crippen molar-refractivity contribution in [3.05, 3.63) is 70.6 Å². The largest absolute Gasteiger partial charge is 0.489 e. The van der Waals surface area contributed by atoms with E-state index in [0.29, 0.717) is 36.4 Å². The second-order valence-corrected chi connectivity index (χ2v) is 8.68. The van der Waals surface area contributed by atoms with E-state index in [0.717, 1.165) is 29.7 Å². The van der Waals surface area contributed by atoms with Gasteiger partial charge in [-0.3, -0.25) is 9.59 Å². The molecule has 1 fully saturated rings.